The maximum absolute atomic E-state index is 13.3. The quantitative estimate of drug-likeness (QED) is 0.910. The second kappa shape index (κ2) is 4.52. The summed E-state index contributed by atoms with van der Waals surface area (Å²) >= 11 is 0. The summed E-state index contributed by atoms with van der Waals surface area (Å²) in [5.74, 6) is 2.56. The fourth-order valence-corrected chi connectivity index (χ4v) is 5.76. The van der Waals surface area contributed by atoms with Crippen molar-refractivity contribution in [2.24, 2.45) is 28.9 Å². The summed E-state index contributed by atoms with van der Waals surface area (Å²) in [6, 6.07) is 1.49. The van der Waals surface area contributed by atoms with E-state index in [1.54, 1.807) is 12.3 Å². The van der Waals surface area contributed by atoms with E-state index in [1.807, 2.05) is 0 Å². The first kappa shape index (κ1) is 12.8. The Balaban J connectivity index is 1.53. The van der Waals surface area contributed by atoms with Crippen LogP contribution in [0.4, 0.5) is 4.39 Å². The van der Waals surface area contributed by atoms with Crippen LogP contribution in [0.25, 0.3) is 0 Å². The highest BCUT2D eigenvalue weighted by molar-refractivity contribution is 5.16. The van der Waals surface area contributed by atoms with Crippen LogP contribution in [-0.2, 0) is 0 Å². The first-order chi connectivity index (χ1) is 9.62. The van der Waals surface area contributed by atoms with Crippen LogP contribution in [-0.4, -0.2) is 4.98 Å². The molecule has 4 aliphatic rings. The van der Waals surface area contributed by atoms with Gasteiger partial charge in [0.15, 0.2) is 0 Å². The third-order valence-corrected chi connectivity index (χ3v) is 5.97. The molecule has 1 aromatic heterocycles. The van der Waals surface area contributed by atoms with E-state index >= 15 is 0 Å². The minimum atomic E-state index is -0.275. The van der Waals surface area contributed by atoms with Crippen LogP contribution in [0.3, 0.4) is 0 Å². The molecule has 0 aromatic carbocycles. The van der Waals surface area contributed by atoms with Gasteiger partial charge in [-0.15, -0.1) is 0 Å². The summed E-state index contributed by atoms with van der Waals surface area (Å²) in [7, 11) is 0. The molecule has 1 heterocycles. The molecule has 4 saturated carbocycles. The lowest BCUT2D eigenvalue weighted by Gasteiger charge is -2.57. The molecule has 108 valence electrons. The van der Waals surface area contributed by atoms with Crippen molar-refractivity contribution in [1.29, 1.82) is 0 Å². The molecule has 20 heavy (non-hydrogen) atoms. The number of pyridine rings is 1. The lowest BCUT2D eigenvalue weighted by Crippen LogP contribution is -2.47. The summed E-state index contributed by atoms with van der Waals surface area (Å²) in [4.78, 5) is 3.94. The van der Waals surface area contributed by atoms with Crippen molar-refractivity contribution in [3.8, 4) is 0 Å². The zero-order valence-corrected chi connectivity index (χ0v) is 11.9. The van der Waals surface area contributed by atoms with Gasteiger partial charge >= 0.3 is 0 Å². The van der Waals surface area contributed by atoms with Crippen LogP contribution in [0, 0.1) is 29.0 Å². The van der Waals surface area contributed by atoms with Gasteiger partial charge in [0.25, 0.3) is 0 Å². The van der Waals surface area contributed by atoms with Crippen molar-refractivity contribution < 1.29 is 4.39 Å². The van der Waals surface area contributed by atoms with Gasteiger partial charge < -0.3 is 5.73 Å². The van der Waals surface area contributed by atoms with E-state index in [-0.39, 0.29) is 11.9 Å². The molecule has 0 saturated heterocycles. The van der Waals surface area contributed by atoms with Crippen molar-refractivity contribution in [3.05, 3.63) is 29.8 Å². The third-order valence-electron chi connectivity index (χ3n) is 5.97. The fourth-order valence-electron chi connectivity index (χ4n) is 5.76. The molecule has 4 fully saturated rings. The SMILES string of the molecule is NC(CC12CC3CC(CC(C3)C1)C2)c1cncc(F)c1. The maximum atomic E-state index is 13.3. The van der Waals surface area contributed by atoms with Crippen molar-refractivity contribution in [3.63, 3.8) is 0 Å². The second-order valence-corrected chi connectivity index (χ2v) is 7.66. The minimum Gasteiger partial charge on any atom is -0.324 e. The van der Waals surface area contributed by atoms with Crippen LogP contribution in [0.2, 0.25) is 0 Å². The molecule has 0 radical (unpaired) electrons. The summed E-state index contributed by atoms with van der Waals surface area (Å²) < 4.78 is 13.3. The van der Waals surface area contributed by atoms with Crippen LogP contribution in [0.5, 0.6) is 0 Å². The zero-order valence-electron chi connectivity index (χ0n) is 11.9. The average molecular weight is 274 g/mol. The highest BCUT2D eigenvalue weighted by atomic mass is 19.1. The van der Waals surface area contributed by atoms with Crippen LogP contribution >= 0.6 is 0 Å². The Bertz CT molecular complexity index is 478. The van der Waals surface area contributed by atoms with Crippen molar-refractivity contribution in [1.82, 2.24) is 4.98 Å². The molecule has 1 aromatic rings. The average Bonchev–Trinajstić information content (AvgIpc) is 2.36. The number of halogens is 1. The number of aromatic nitrogens is 1. The summed E-state index contributed by atoms with van der Waals surface area (Å²) in [6.07, 6.45) is 12.4. The Morgan fingerprint density at radius 2 is 1.75 bits per heavy atom. The second-order valence-electron chi connectivity index (χ2n) is 7.66. The molecule has 1 atom stereocenters. The zero-order chi connectivity index (χ0) is 13.7. The van der Waals surface area contributed by atoms with Gasteiger partial charge in [0.1, 0.15) is 5.82 Å². The Hall–Kier alpha value is -0.960. The predicted octanol–water partition coefficient (Wildman–Crippen LogP) is 3.83. The van der Waals surface area contributed by atoms with E-state index in [0.29, 0.717) is 5.41 Å². The molecular weight excluding hydrogens is 251 g/mol. The van der Waals surface area contributed by atoms with Crippen LogP contribution in [0.1, 0.15) is 56.6 Å². The van der Waals surface area contributed by atoms with Crippen molar-refractivity contribution in [2.45, 2.75) is 51.0 Å². The van der Waals surface area contributed by atoms with Gasteiger partial charge in [-0.1, -0.05) is 0 Å². The van der Waals surface area contributed by atoms with Gasteiger partial charge in [-0.05, 0) is 79.7 Å². The summed E-state index contributed by atoms with van der Waals surface area (Å²) in [5.41, 5.74) is 7.69. The van der Waals surface area contributed by atoms with E-state index in [2.05, 4.69) is 4.98 Å². The molecule has 2 nitrogen and oxygen atoms in total. The van der Waals surface area contributed by atoms with Gasteiger partial charge in [0.2, 0.25) is 0 Å². The number of hydrogen-bond donors (Lipinski definition) is 1. The first-order valence-corrected chi connectivity index (χ1v) is 7.98. The molecule has 5 rings (SSSR count). The molecule has 0 aliphatic heterocycles. The van der Waals surface area contributed by atoms with Crippen LogP contribution in [0.15, 0.2) is 18.5 Å². The molecule has 0 spiro atoms. The summed E-state index contributed by atoms with van der Waals surface area (Å²) in [5, 5.41) is 0. The maximum Gasteiger partial charge on any atom is 0.141 e. The van der Waals surface area contributed by atoms with Gasteiger partial charge in [0.05, 0.1) is 6.20 Å². The van der Waals surface area contributed by atoms with E-state index in [0.717, 1.165) is 29.7 Å². The lowest BCUT2D eigenvalue weighted by molar-refractivity contribution is -0.0605. The Kier molecular flexibility index (Phi) is 2.88. The number of hydrogen-bond acceptors (Lipinski definition) is 2. The molecular formula is C17H23FN2. The topological polar surface area (TPSA) is 38.9 Å². The fraction of sp³-hybridized carbons (Fsp3) is 0.706. The van der Waals surface area contributed by atoms with E-state index < -0.39 is 0 Å². The third kappa shape index (κ3) is 2.16. The van der Waals surface area contributed by atoms with Crippen LogP contribution < -0.4 is 5.73 Å². The molecule has 2 N–H and O–H groups in total. The number of nitrogens with zero attached hydrogens (tertiary/aromatic N) is 1. The van der Waals surface area contributed by atoms with Crippen molar-refractivity contribution >= 4 is 0 Å². The van der Waals surface area contributed by atoms with Gasteiger partial charge in [-0.25, -0.2) is 4.39 Å². The molecule has 1 unspecified atom stereocenters. The highest BCUT2D eigenvalue weighted by Crippen LogP contribution is 2.62. The van der Waals surface area contributed by atoms with Gasteiger partial charge in [0, 0.05) is 12.2 Å². The monoisotopic (exact) mass is 274 g/mol. The molecule has 4 aliphatic carbocycles. The minimum absolute atomic E-state index is 0.0607. The Labute approximate surface area is 120 Å². The van der Waals surface area contributed by atoms with Gasteiger partial charge in [-0.2, -0.15) is 0 Å². The number of rotatable bonds is 3. The largest absolute Gasteiger partial charge is 0.324 e. The highest BCUT2D eigenvalue weighted by Gasteiger charge is 2.51. The lowest BCUT2D eigenvalue weighted by atomic mass is 9.48. The standard InChI is InChI=1S/C17H23FN2/c18-15-4-14(9-20-10-15)16(19)8-17-5-11-1-12(6-17)3-13(2-11)7-17/h4,9-13,16H,1-3,5-8,19H2. The Morgan fingerprint density at radius 3 is 2.30 bits per heavy atom. The first-order valence-electron chi connectivity index (χ1n) is 7.98. The van der Waals surface area contributed by atoms with Crippen molar-refractivity contribution in [2.75, 3.05) is 0 Å². The molecule has 0 amide bonds. The predicted molar refractivity (Wildman–Crippen MR) is 76.3 cm³/mol. The Morgan fingerprint density at radius 1 is 1.15 bits per heavy atom. The van der Waals surface area contributed by atoms with E-state index in [1.165, 1.54) is 44.7 Å². The van der Waals surface area contributed by atoms with Gasteiger partial charge in [-0.3, -0.25) is 4.98 Å². The molecule has 4 bridgehead atoms. The number of nitrogens with two attached hydrogens (primary N) is 1. The smallest absolute Gasteiger partial charge is 0.141 e. The van der Waals surface area contributed by atoms with E-state index in [4.69, 9.17) is 5.73 Å². The summed E-state index contributed by atoms with van der Waals surface area (Å²) in [6.45, 7) is 0. The normalized spacial score (nSPS) is 40.0. The van der Waals surface area contributed by atoms with E-state index in [9.17, 15) is 4.39 Å². The molecule has 3 heteroatoms.